The van der Waals surface area contributed by atoms with Crippen molar-refractivity contribution in [3.05, 3.63) is 106 Å². The van der Waals surface area contributed by atoms with Crippen LogP contribution in [0.25, 0.3) is 33.1 Å². The van der Waals surface area contributed by atoms with E-state index in [1.54, 1.807) is 14.2 Å². The molecule has 0 aliphatic heterocycles. The van der Waals surface area contributed by atoms with Crippen LogP contribution in [0.3, 0.4) is 0 Å². The highest BCUT2D eigenvalue weighted by Gasteiger charge is 2.19. The molecule has 6 aromatic rings. The van der Waals surface area contributed by atoms with Crippen LogP contribution < -0.4 is 20.9 Å². The predicted octanol–water partition coefficient (Wildman–Crippen LogP) is 11.5. The number of aromatic nitrogens is 2. The van der Waals surface area contributed by atoms with Crippen molar-refractivity contribution in [2.45, 2.75) is 69.5 Å². The van der Waals surface area contributed by atoms with Crippen LogP contribution in [0.2, 0.25) is 0 Å². The maximum Gasteiger partial charge on any atom is 0.120 e. The Hall–Kier alpha value is -5.13. The van der Waals surface area contributed by atoms with E-state index in [0.717, 1.165) is 81.7 Å². The smallest absolute Gasteiger partial charge is 0.120 e. The molecule has 51 heavy (non-hydrogen) atoms. The van der Waals surface area contributed by atoms with Gasteiger partial charge in [-0.25, -0.2) is 0 Å². The maximum absolute atomic E-state index is 9.72. The lowest BCUT2D eigenvalue weighted by Crippen LogP contribution is -2.00. The van der Waals surface area contributed by atoms with E-state index in [1.807, 2.05) is 91.1 Å². The molecule has 4 aromatic carbocycles. The molecule has 0 radical (unpaired) electrons. The average Bonchev–Trinajstić information content (AvgIpc) is 3.61. The molecule has 2 aromatic heterocycles. The van der Waals surface area contributed by atoms with E-state index >= 15 is 0 Å². The third-order valence-corrected chi connectivity index (χ3v) is 8.28. The second kappa shape index (κ2) is 21.8. The lowest BCUT2D eigenvalue weighted by Gasteiger charge is -2.11. The van der Waals surface area contributed by atoms with Gasteiger partial charge in [-0.1, -0.05) is 55.7 Å². The van der Waals surface area contributed by atoms with E-state index in [4.69, 9.17) is 26.2 Å². The van der Waals surface area contributed by atoms with Crippen molar-refractivity contribution in [2.24, 2.45) is 0 Å². The van der Waals surface area contributed by atoms with Gasteiger partial charge in [0.2, 0.25) is 0 Å². The number of hydrogen-bond donors (Lipinski definition) is 2. The Morgan fingerprint density at radius 3 is 1.65 bits per heavy atom. The summed E-state index contributed by atoms with van der Waals surface area (Å²) in [6.07, 6.45) is 3.94. The number of benzene rings is 4. The quantitative estimate of drug-likeness (QED) is 0.122. The first-order valence-corrected chi connectivity index (χ1v) is 16.4. The number of nitriles is 2. The molecule has 4 N–H and O–H groups in total. The average molecular weight is 803 g/mol. The molecule has 0 unspecified atom stereocenters. The standard InChI is InChI=1S/C19H19N3O.C13H14N2O.C6H6IN.4CH4/c1-3-10-22-18-11-15(23-2)8-9-16(18)17(12-20)19(22)13-4-6-14(21)7-5-13;1-3-6-15-9-10(8-14)12-5-4-11(16-2)7-13(12)15;7-5-1-3-6(8)4-2-5;;;;/h4-9,11H,3,10,21H2,1-2H3;4-5,7,9H,3,6H2,1-2H3;1-4H,8H2;4*1H4. The monoisotopic (exact) mass is 802 g/mol. The summed E-state index contributed by atoms with van der Waals surface area (Å²) in [6.45, 7) is 6.01. The molecule has 0 bridgehead atoms. The molecule has 2 heterocycles. The van der Waals surface area contributed by atoms with E-state index in [2.05, 4.69) is 57.7 Å². The lowest BCUT2D eigenvalue weighted by molar-refractivity contribution is 0.415. The summed E-state index contributed by atoms with van der Waals surface area (Å²) in [5, 5.41) is 20.7. The fraction of sp³-hybridized carbons (Fsp3) is 0.286. The molecule has 8 nitrogen and oxygen atoms in total. The van der Waals surface area contributed by atoms with Gasteiger partial charge in [0.1, 0.15) is 23.6 Å². The number of aryl methyl sites for hydroxylation is 2. The van der Waals surface area contributed by atoms with E-state index in [9.17, 15) is 5.26 Å². The van der Waals surface area contributed by atoms with Gasteiger partial charge in [-0.15, -0.1) is 0 Å². The number of anilines is 2. The van der Waals surface area contributed by atoms with E-state index in [1.165, 1.54) is 3.57 Å². The molecule has 0 atom stereocenters. The summed E-state index contributed by atoms with van der Waals surface area (Å²) < 4.78 is 16.1. The van der Waals surface area contributed by atoms with Gasteiger partial charge >= 0.3 is 0 Å². The van der Waals surface area contributed by atoms with Crippen molar-refractivity contribution < 1.29 is 9.47 Å². The second-order valence-corrected chi connectivity index (χ2v) is 12.0. The molecular weight excluding hydrogens is 747 g/mol. The van der Waals surface area contributed by atoms with Gasteiger partial charge in [-0.05, 0) is 102 Å². The molecule has 0 saturated heterocycles. The lowest BCUT2D eigenvalue weighted by atomic mass is 10.1. The van der Waals surface area contributed by atoms with Crippen molar-refractivity contribution in [3.63, 3.8) is 0 Å². The predicted molar refractivity (Wildman–Crippen MR) is 227 cm³/mol. The fourth-order valence-electron chi connectivity index (χ4n) is 5.34. The van der Waals surface area contributed by atoms with Crippen molar-refractivity contribution in [1.82, 2.24) is 9.13 Å². The third kappa shape index (κ3) is 10.9. The molecule has 0 fully saturated rings. The second-order valence-electron chi connectivity index (χ2n) is 10.8. The SMILES string of the molecule is C.C.C.C.CCCn1c(-c2ccc(N)cc2)c(C#N)c2ccc(OC)cc21.CCCn1cc(C#N)c2ccc(OC)cc21.Nc1ccc(I)cc1. The highest BCUT2D eigenvalue weighted by Crippen LogP contribution is 2.36. The number of rotatable bonds is 7. The summed E-state index contributed by atoms with van der Waals surface area (Å²) in [5.41, 5.74) is 18.2. The van der Waals surface area contributed by atoms with Crippen LogP contribution in [0.4, 0.5) is 11.4 Å². The highest BCUT2D eigenvalue weighted by molar-refractivity contribution is 14.1. The van der Waals surface area contributed by atoms with Crippen LogP contribution in [0.15, 0.2) is 91.1 Å². The first-order chi connectivity index (χ1) is 22.8. The zero-order valence-electron chi connectivity index (χ0n) is 27.1. The number of fused-ring (bicyclic) bond motifs is 2. The van der Waals surface area contributed by atoms with Crippen molar-refractivity contribution in [2.75, 3.05) is 25.7 Å². The number of nitrogen functional groups attached to an aromatic ring is 2. The van der Waals surface area contributed by atoms with Gasteiger partial charge in [0.05, 0.1) is 42.1 Å². The van der Waals surface area contributed by atoms with Crippen molar-refractivity contribution in [1.29, 1.82) is 10.5 Å². The summed E-state index contributed by atoms with van der Waals surface area (Å²) in [4.78, 5) is 0. The largest absolute Gasteiger partial charge is 0.497 e. The van der Waals surface area contributed by atoms with Gasteiger partial charge in [0.25, 0.3) is 0 Å². The van der Waals surface area contributed by atoms with Crippen molar-refractivity contribution >= 4 is 55.8 Å². The van der Waals surface area contributed by atoms with E-state index in [0.29, 0.717) is 11.3 Å². The Kier molecular flexibility index (Phi) is 19.7. The van der Waals surface area contributed by atoms with Crippen LogP contribution in [0.5, 0.6) is 11.5 Å². The summed E-state index contributed by atoms with van der Waals surface area (Å²) in [5.74, 6) is 1.62. The molecule has 0 aliphatic carbocycles. The van der Waals surface area contributed by atoms with Crippen LogP contribution in [-0.2, 0) is 13.1 Å². The Morgan fingerprint density at radius 2 is 1.18 bits per heavy atom. The first-order valence-electron chi connectivity index (χ1n) is 15.3. The molecule has 0 spiro atoms. The van der Waals surface area contributed by atoms with Crippen molar-refractivity contribution in [3.8, 4) is 34.9 Å². The van der Waals surface area contributed by atoms with Gasteiger partial charge in [-0.2, -0.15) is 10.5 Å². The maximum atomic E-state index is 9.72. The molecule has 272 valence electrons. The van der Waals surface area contributed by atoms with E-state index < -0.39 is 0 Å². The number of nitrogens with zero attached hydrogens (tertiary/aromatic N) is 4. The van der Waals surface area contributed by atoms with Gasteiger partial charge in [0, 0.05) is 57.1 Å². The molecular formula is C42H55IN6O2. The number of halogens is 1. The first kappa shape index (κ1) is 45.9. The molecule has 0 amide bonds. The summed E-state index contributed by atoms with van der Waals surface area (Å²) in [6, 6.07) is 31.7. The third-order valence-electron chi connectivity index (χ3n) is 7.56. The highest BCUT2D eigenvalue weighted by atomic mass is 127. The number of methoxy groups -OCH3 is 2. The van der Waals surface area contributed by atoms with E-state index in [-0.39, 0.29) is 29.7 Å². The van der Waals surface area contributed by atoms with Crippen LogP contribution >= 0.6 is 22.6 Å². The Balaban J connectivity index is 0.000000782. The normalized spacial score (nSPS) is 9.47. The van der Waals surface area contributed by atoms with Gasteiger partial charge in [-0.3, -0.25) is 0 Å². The van der Waals surface area contributed by atoms with Gasteiger partial charge in [0.15, 0.2) is 0 Å². The number of nitrogens with two attached hydrogens (primary N) is 2. The zero-order valence-corrected chi connectivity index (χ0v) is 29.3. The fourth-order valence-corrected chi connectivity index (χ4v) is 5.70. The number of hydrogen-bond acceptors (Lipinski definition) is 6. The molecule has 0 aliphatic rings. The molecule has 9 heteroatoms. The Morgan fingerprint density at radius 1 is 0.667 bits per heavy atom. The topological polar surface area (TPSA) is 128 Å². The van der Waals surface area contributed by atoms with Crippen LogP contribution in [-0.4, -0.2) is 23.4 Å². The summed E-state index contributed by atoms with van der Waals surface area (Å²) in [7, 11) is 3.31. The Bertz CT molecular complexity index is 2010. The Labute approximate surface area is 319 Å². The molecule has 0 saturated carbocycles. The van der Waals surface area contributed by atoms with Crippen LogP contribution in [0, 0.1) is 26.2 Å². The number of ether oxygens (including phenoxy) is 2. The minimum atomic E-state index is 0. The van der Waals surface area contributed by atoms with Gasteiger partial charge < -0.3 is 30.1 Å². The minimum absolute atomic E-state index is 0. The summed E-state index contributed by atoms with van der Waals surface area (Å²) >= 11 is 2.24. The zero-order chi connectivity index (χ0) is 33.9. The van der Waals surface area contributed by atoms with Crippen LogP contribution in [0.1, 0.15) is 67.5 Å². The minimum Gasteiger partial charge on any atom is -0.497 e. The molecule has 6 rings (SSSR count).